The maximum absolute atomic E-state index is 12.9. The first-order chi connectivity index (χ1) is 10.8. The highest BCUT2D eigenvalue weighted by Gasteiger charge is 2.53. The molecule has 126 valence electrons. The van der Waals surface area contributed by atoms with Crippen LogP contribution in [0.4, 0.5) is 23.1 Å². The lowest BCUT2D eigenvalue weighted by atomic mass is 9.96. The smallest absolute Gasteiger partial charge is 0.394 e. The number of anilines is 1. The predicted octanol–water partition coefficient (Wildman–Crippen LogP) is 2.75. The average molecular weight is 349 g/mol. The number of hydrogen-bond acceptors (Lipinski definition) is 4. The van der Waals surface area contributed by atoms with Crippen LogP contribution < -0.4 is 5.32 Å². The lowest BCUT2D eigenvalue weighted by Gasteiger charge is -2.18. The van der Waals surface area contributed by atoms with E-state index in [1.165, 1.54) is 11.3 Å². The minimum absolute atomic E-state index is 0.319. The first-order valence-corrected chi connectivity index (χ1v) is 7.94. The van der Waals surface area contributed by atoms with Gasteiger partial charge in [0.15, 0.2) is 5.13 Å². The molecule has 0 spiro atoms. The number of nitrogens with one attached hydrogen (secondary N) is 1. The summed E-state index contributed by atoms with van der Waals surface area (Å²) in [6.07, 6.45) is -2.55. The Morgan fingerprint density at radius 3 is 2.57 bits per heavy atom. The number of carbonyl (C=O) groups excluding carboxylic acids is 1. The second kappa shape index (κ2) is 5.66. The molecule has 1 saturated heterocycles. The average Bonchev–Trinajstić information content (AvgIpc) is 3.01. The molecule has 2 amide bonds. The highest BCUT2D eigenvalue weighted by molar-refractivity contribution is 7.13. The molecule has 6 nitrogen and oxygen atoms in total. The van der Waals surface area contributed by atoms with Crippen molar-refractivity contribution in [2.75, 3.05) is 18.4 Å². The predicted molar refractivity (Wildman–Crippen MR) is 75.4 cm³/mol. The number of aromatic nitrogens is 1. The van der Waals surface area contributed by atoms with Gasteiger partial charge in [-0.15, -0.1) is 11.3 Å². The molecule has 0 bridgehead atoms. The summed E-state index contributed by atoms with van der Waals surface area (Å²) in [5, 5.41) is 13.5. The molecule has 1 aromatic heterocycles. The third-order valence-electron chi connectivity index (χ3n) is 4.08. The number of carbonyl (C=O) groups is 2. The Kier molecular flexibility index (Phi) is 3.95. The molecular weight excluding hydrogens is 335 g/mol. The number of aliphatic carboxylic acids is 1. The zero-order chi connectivity index (χ0) is 16.8. The number of alkyl halides is 3. The van der Waals surface area contributed by atoms with Gasteiger partial charge in [-0.3, -0.25) is 10.1 Å². The number of carboxylic acids is 1. The van der Waals surface area contributed by atoms with Crippen LogP contribution in [-0.2, 0) is 4.79 Å². The topological polar surface area (TPSA) is 82.5 Å². The first kappa shape index (κ1) is 16.0. The Morgan fingerprint density at radius 1 is 1.35 bits per heavy atom. The summed E-state index contributed by atoms with van der Waals surface area (Å²) < 4.78 is 38.7. The van der Waals surface area contributed by atoms with E-state index in [2.05, 4.69) is 10.3 Å². The Hall–Kier alpha value is -1.84. The molecule has 1 aromatic rings. The lowest BCUT2D eigenvalue weighted by Crippen LogP contribution is -2.35. The molecule has 0 aromatic carbocycles. The van der Waals surface area contributed by atoms with Crippen LogP contribution in [0, 0.1) is 11.8 Å². The summed E-state index contributed by atoms with van der Waals surface area (Å²) in [6.45, 7) is -1.13. The van der Waals surface area contributed by atoms with Crippen molar-refractivity contribution < 1.29 is 27.9 Å². The summed E-state index contributed by atoms with van der Waals surface area (Å²) in [5.41, 5.74) is 0.878. The molecule has 2 atom stereocenters. The molecule has 2 aliphatic rings. The van der Waals surface area contributed by atoms with Gasteiger partial charge in [-0.2, -0.15) is 13.2 Å². The van der Waals surface area contributed by atoms with Gasteiger partial charge in [0.2, 0.25) is 0 Å². The summed E-state index contributed by atoms with van der Waals surface area (Å²) in [6, 6.07) is -0.750. The summed E-state index contributed by atoms with van der Waals surface area (Å²) >= 11 is 1.21. The molecule has 1 saturated carbocycles. The number of likely N-dealkylation sites (tertiary alicyclic amines) is 1. The third kappa shape index (κ3) is 3.41. The summed E-state index contributed by atoms with van der Waals surface area (Å²) in [5.74, 6) is -4.83. The van der Waals surface area contributed by atoms with Crippen LogP contribution in [0.25, 0.3) is 0 Å². The minimum Gasteiger partial charge on any atom is -0.481 e. The van der Waals surface area contributed by atoms with Crippen molar-refractivity contribution in [2.24, 2.45) is 11.8 Å². The van der Waals surface area contributed by atoms with Crippen molar-refractivity contribution in [3.8, 4) is 0 Å². The van der Waals surface area contributed by atoms with E-state index in [4.69, 9.17) is 5.11 Å². The highest BCUT2D eigenvalue weighted by atomic mass is 32.1. The SMILES string of the molecule is O=C(O)[C@@H]1CN(C(=O)Nc2nc(C3CC3)cs2)C[C@H]1C(F)(F)F. The van der Waals surface area contributed by atoms with E-state index in [1.54, 1.807) is 0 Å². The molecule has 2 N–H and O–H groups in total. The van der Waals surface area contributed by atoms with E-state index in [0.717, 1.165) is 23.4 Å². The van der Waals surface area contributed by atoms with Gasteiger partial charge in [0.1, 0.15) is 0 Å². The zero-order valence-electron chi connectivity index (χ0n) is 11.8. The molecule has 2 heterocycles. The van der Waals surface area contributed by atoms with Crippen LogP contribution in [0.1, 0.15) is 24.5 Å². The van der Waals surface area contributed by atoms with Crippen LogP contribution in [0.15, 0.2) is 5.38 Å². The van der Waals surface area contributed by atoms with E-state index >= 15 is 0 Å². The van der Waals surface area contributed by atoms with Crippen LogP contribution in [0.2, 0.25) is 0 Å². The van der Waals surface area contributed by atoms with Gasteiger partial charge >= 0.3 is 18.2 Å². The largest absolute Gasteiger partial charge is 0.481 e. The van der Waals surface area contributed by atoms with Crippen molar-refractivity contribution in [1.29, 1.82) is 0 Å². The highest BCUT2D eigenvalue weighted by Crippen LogP contribution is 2.41. The number of rotatable bonds is 3. The molecule has 2 fully saturated rings. The number of urea groups is 1. The normalized spacial score (nSPS) is 24.7. The van der Waals surface area contributed by atoms with Gasteiger partial charge in [0.25, 0.3) is 0 Å². The number of amides is 2. The van der Waals surface area contributed by atoms with E-state index in [0.29, 0.717) is 11.0 Å². The van der Waals surface area contributed by atoms with E-state index in [-0.39, 0.29) is 0 Å². The Bertz CT molecular complexity index is 629. The maximum Gasteiger partial charge on any atom is 0.394 e. The molecule has 1 aliphatic carbocycles. The van der Waals surface area contributed by atoms with Crippen molar-refractivity contribution in [2.45, 2.75) is 24.9 Å². The van der Waals surface area contributed by atoms with Gasteiger partial charge in [-0.05, 0) is 12.8 Å². The molecule has 10 heteroatoms. The summed E-state index contributed by atoms with van der Waals surface area (Å²) in [7, 11) is 0. The van der Waals surface area contributed by atoms with Gasteiger partial charge in [-0.25, -0.2) is 9.78 Å². The van der Waals surface area contributed by atoms with Gasteiger partial charge in [0.05, 0.1) is 17.5 Å². The fourth-order valence-corrected chi connectivity index (χ4v) is 3.41. The van der Waals surface area contributed by atoms with E-state index in [1.807, 2.05) is 5.38 Å². The van der Waals surface area contributed by atoms with Crippen LogP contribution >= 0.6 is 11.3 Å². The Morgan fingerprint density at radius 2 is 2.04 bits per heavy atom. The van der Waals surface area contributed by atoms with Gasteiger partial charge in [-0.1, -0.05) is 0 Å². The molecule has 0 unspecified atom stereocenters. The summed E-state index contributed by atoms with van der Waals surface area (Å²) in [4.78, 5) is 28.2. The number of carboxylic acid groups (broad SMARTS) is 1. The fraction of sp³-hybridized carbons (Fsp3) is 0.615. The minimum atomic E-state index is -4.65. The van der Waals surface area contributed by atoms with Crippen molar-refractivity contribution in [1.82, 2.24) is 9.88 Å². The lowest BCUT2D eigenvalue weighted by molar-refractivity contribution is -0.187. The Labute approximate surface area is 133 Å². The molecule has 1 aliphatic heterocycles. The molecule has 0 radical (unpaired) electrons. The molecular formula is C13H14F3N3O3S. The first-order valence-electron chi connectivity index (χ1n) is 7.06. The molecule has 3 rings (SSSR count). The molecule has 23 heavy (non-hydrogen) atoms. The number of nitrogens with zero attached hydrogens (tertiary/aromatic N) is 2. The second-order valence-corrected chi connectivity index (χ2v) is 6.64. The van der Waals surface area contributed by atoms with Crippen LogP contribution in [0.3, 0.4) is 0 Å². The van der Waals surface area contributed by atoms with E-state index in [9.17, 15) is 22.8 Å². The third-order valence-corrected chi connectivity index (χ3v) is 4.85. The van der Waals surface area contributed by atoms with Crippen molar-refractivity contribution in [3.05, 3.63) is 11.1 Å². The number of hydrogen-bond donors (Lipinski definition) is 2. The zero-order valence-corrected chi connectivity index (χ0v) is 12.7. The number of thiazole rings is 1. The van der Waals surface area contributed by atoms with Gasteiger partial charge < -0.3 is 10.0 Å². The van der Waals surface area contributed by atoms with E-state index < -0.39 is 43.1 Å². The Balaban J connectivity index is 1.66. The fourth-order valence-electron chi connectivity index (χ4n) is 2.63. The standard InChI is InChI=1S/C13H14F3N3O3S/c14-13(15,16)8-4-19(3-7(8)10(20)21)12(22)18-11-17-9(5-23-11)6-1-2-6/h5-8H,1-4H2,(H,20,21)(H,17,18,22)/t7-,8-/m1/s1. The van der Waals surface area contributed by atoms with Crippen LogP contribution in [-0.4, -0.2) is 46.3 Å². The second-order valence-electron chi connectivity index (χ2n) is 5.78. The van der Waals surface area contributed by atoms with Crippen molar-refractivity contribution >= 4 is 28.5 Å². The number of halogens is 3. The van der Waals surface area contributed by atoms with Crippen molar-refractivity contribution in [3.63, 3.8) is 0 Å². The van der Waals surface area contributed by atoms with Crippen LogP contribution in [0.5, 0.6) is 0 Å². The van der Waals surface area contributed by atoms with Gasteiger partial charge in [0, 0.05) is 24.4 Å². The maximum atomic E-state index is 12.9. The monoisotopic (exact) mass is 349 g/mol. The quantitative estimate of drug-likeness (QED) is 0.879.